The van der Waals surface area contributed by atoms with Gasteiger partial charge in [0.1, 0.15) is 5.75 Å². The number of phenols is 1. The Hall–Kier alpha value is -3.05. The lowest BCUT2D eigenvalue weighted by Gasteiger charge is -2.23. The molecule has 0 bridgehead atoms. The van der Waals surface area contributed by atoms with Crippen LogP contribution in [0.2, 0.25) is 0 Å². The number of hydrogen-bond donors (Lipinski definition) is 2. The minimum atomic E-state index is -0.210. The number of fused-ring (bicyclic) bond motifs is 1. The van der Waals surface area contributed by atoms with Crippen LogP contribution in [0.1, 0.15) is 17.5 Å². The summed E-state index contributed by atoms with van der Waals surface area (Å²) >= 11 is 0. The van der Waals surface area contributed by atoms with Gasteiger partial charge in [0.15, 0.2) is 0 Å². The van der Waals surface area contributed by atoms with E-state index in [4.69, 9.17) is 0 Å². The van der Waals surface area contributed by atoms with Gasteiger partial charge in [-0.1, -0.05) is 42.5 Å². The molecule has 1 aliphatic heterocycles. The van der Waals surface area contributed by atoms with Crippen molar-refractivity contribution in [1.29, 1.82) is 0 Å². The smallest absolute Gasteiger partial charge is 0.227 e. The van der Waals surface area contributed by atoms with E-state index < -0.39 is 0 Å². The third-order valence-corrected chi connectivity index (χ3v) is 5.79. The minimum Gasteiger partial charge on any atom is -0.508 e. The maximum absolute atomic E-state index is 12.9. The van der Waals surface area contributed by atoms with Gasteiger partial charge in [-0.25, -0.2) is 0 Å². The van der Waals surface area contributed by atoms with Gasteiger partial charge in [0.25, 0.3) is 0 Å². The molecule has 0 radical (unpaired) electrons. The molecule has 0 spiro atoms. The average molecular weight is 390 g/mol. The summed E-state index contributed by atoms with van der Waals surface area (Å²) in [6, 6.07) is 19.5. The van der Waals surface area contributed by atoms with Gasteiger partial charge in [0.05, 0.1) is 12.5 Å². The van der Waals surface area contributed by atoms with Crippen LogP contribution in [-0.4, -0.2) is 41.2 Å². The van der Waals surface area contributed by atoms with Crippen molar-refractivity contribution >= 4 is 22.4 Å². The van der Waals surface area contributed by atoms with E-state index >= 15 is 0 Å². The SMILES string of the molecule is CN(Cc1ccccc1)C(=O)C1CCN(c2ccc3ccc(O)c(CO)c3c2)C1. The molecule has 1 saturated heterocycles. The van der Waals surface area contributed by atoms with Crippen LogP contribution in [0.25, 0.3) is 10.8 Å². The van der Waals surface area contributed by atoms with Gasteiger partial charge in [0, 0.05) is 37.9 Å². The van der Waals surface area contributed by atoms with Crippen molar-refractivity contribution in [3.05, 3.63) is 71.8 Å². The first-order chi connectivity index (χ1) is 14.1. The van der Waals surface area contributed by atoms with Gasteiger partial charge >= 0.3 is 0 Å². The van der Waals surface area contributed by atoms with Crippen LogP contribution in [0.15, 0.2) is 60.7 Å². The van der Waals surface area contributed by atoms with Crippen molar-refractivity contribution in [2.45, 2.75) is 19.6 Å². The number of carbonyl (C=O) groups excluding carboxylic acids is 1. The third kappa shape index (κ3) is 3.91. The molecule has 5 heteroatoms. The topological polar surface area (TPSA) is 64.0 Å². The Morgan fingerprint density at radius 3 is 2.66 bits per heavy atom. The second kappa shape index (κ2) is 8.13. The lowest BCUT2D eigenvalue weighted by molar-refractivity contribution is -0.134. The van der Waals surface area contributed by atoms with Crippen LogP contribution >= 0.6 is 0 Å². The van der Waals surface area contributed by atoms with Crippen LogP contribution in [0, 0.1) is 5.92 Å². The zero-order chi connectivity index (χ0) is 20.4. The molecular weight excluding hydrogens is 364 g/mol. The Balaban J connectivity index is 1.48. The average Bonchev–Trinajstić information content (AvgIpc) is 3.23. The third-order valence-electron chi connectivity index (χ3n) is 5.79. The van der Waals surface area contributed by atoms with Crippen molar-refractivity contribution in [3.8, 4) is 5.75 Å². The van der Waals surface area contributed by atoms with Crippen LogP contribution in [0.3, 0.4) is 0 Å². The standard InChI is InChI=1S/C24H26N2O3/c1-25(14-17-5-3-2-4-6-17)24(29)19-11-12-26(15-19)20-9-7-18-8-10-23(28)22(16-27)21(18)13-20/h2-10,13,19,27-28H,11-12,14-16H2,1H3. The molecule has 29 heavy (non-hydrogen) atoms. The molecule has 4 rings (SSSR count). The second-order valence-corrected chi connectivity index (χ2v) is 7.74. The number of rotatable bonds is 5. The molecule has 1 aliphatic rings. The predicted octanol–water partition coefficient (Wildman–Crippen LogP) is 3.52. The molecule has 1 fully saturated rings. The van der Waals surface area contributed by atoms with Gasteiger partial charge in [-0.3, -0.25) is 4.79 Å². The zero-order valence-electron chi connectivity index (χ0n) is 16.6. The van der Waals surface area contributed by atoms with Crippen molar-refractivity contribution in [3.63, 3.8) is 0 Å². The van der Waals surface area contributed by atoms with Crippen molar-refractivity contribution in [1.82, 2.24) is 4.90 Å². The molecule has 0 aliphatic carbocycles. The highest BCUT2D eigenvalue weighted by Crippen LogP contribution is 2.32. The Kier molecular flexibility index (Phi) is 5.41. The Morgan fingerprint density at radius 2 is 1.90 bits per heavy atom. The quantitative estimate of drug-likeness (QED) is 0.700. The molecule has 0 saturated carbocycles. The monoisotopic (exact) mass is 390 g/mol. The molecule has 1 atom stereocenters. The molecule has 1 heterocycles. The lowest BCUT2D eigenvalue weighted by atomic mass is 10.0. The van der Waals surface area contributed by atoms with Crippen LogP contribution in [0.5, 0.6) is 5.75 Å². The normalized spacial score (nSPS) is 16.3. The van der Waals surface area contributed by atoms with Gasteiger partial charge in [-0.2, -0.15) is 0 Å². The van der Waals surface area contributed by atoms with E-state index in [2.05, 4.69) is 4.90 Å². The molecule has 1 amide bonds. The summed E-state index contributed by atoms with van der Waals surface area (Å²) in [6.45, 7) is 1.90. The highest BCUT2D eigenvalue weighted by molar-refractivity contribution is 5.90. The fourth-order valence-corrected chi connectivity index (χ4v) is 4.16. The highest BCUT2D eigenvalue weighted by atomic mass is 16.3. The molecule has 0 aromatic heterocycles. The van der Waals surface area contributed by atoms with E-state index in [0.29, 0.717) is 18.7 Å². The van der Waals surface area contributed by atoms with Gasteiger partial charge in [-0.05, 0) is 41.0 Å². The van der Waals surface area contributed by atoms with E-state index in [-0.39, 0.29) is 24.2 Å². The van der Waals surface area contributed by atoms with E-state index in [1.165, 1.54) is 0 Å². The van der Waals surface area contributed by atoms with Crippen molar-refractivity contribution < 1.29 is 15.0 Å². The predicted molar refractivity (Wildman–Crippen MR) is 115 cm³/mol. The van der Waals surface area contributed by atoms with E-state index in [0.717, 1.165) is 35.0 Å². The summed E-state index contributed by atoms with van der Waals surface area (Å²) in [4.78, 5) is 16.9. The maximum atomic E-state index is 12.9. The van der Waals surface area contributed by atoms with Crippen LogP contribution < -0.4 is 4.90 Å². The van der Waals surface area contributed by atoms with Crippen molar-refractivity contribution in [2.75, 3.05) is 25.0 Å². The number of amides is 1. The maximum Gasteiger partial charge on any atom is 0.227 e. The molecule has 3 aromatic rings. The zero-order valence-corrected chi connectivity index (χ0v) is 16.6. The Morgan fingerprint density at radius 1 is 1.14 bits per heavy atom. The number of carbonyl (C=O) groups is 1. The minimum absolute atomic E-state index is 0.0269. The molecule has 3 aromatic carbocycles. The van der Waals surface area contributed by atoms with E-state index in [1.807, 2.05) is 66.5 Å². The fraction of sp³-hybridized carbons (Fsp3) is 0.292. The van der Waals surface area contributed by atoms with Crippen molar-refractivity contribution in [2.24, 2.45) is 5.92 Å². The van der Waals surface area contributed by atoms with Gasteiger partial charge in [-0.15, -0.1) is 0 Å². The number of hydrogen-bond acceptors (Lipinski definition) is 4. The number of anilines is 1. The van der Waals surface area contributed by atoms with Gasteiger partial charge < -0.3 is 20.0 Å². The molecular formula is C24H26N2O3. The molecule has 5 nitrogen and oxygen atoms in total. The second-order valence-electron chi connectivity index (χ2n) is 7.74. The summed E-state index contributed by atoms with van der Waals surface area (Å²) in [5, 5.41) is 21.5. The Bertz CT molecular complexity index is 1020. The van der Waals surface area contributed by atoms with Crippen LogP contribution in [0.4, 0.5) is 5.69 Å². The highest BCUT2D eigenvalue weighted by Gasteiger charge is 2.30. The fourth-order valence-electron chi connectivity index (χ4n) is 4.16. The molecule has 2 N–H and O–H groups in total. The summed E-state index contributed by atoms with van der Waals surface area (Å²) < 4.78 is 0. The first-order valence-electron chi connectivity index (χ1n) is 9.96. The summed E-state index contributed by atoms with van der Waals surface area (Å²) in [7, 11) is 1.87. The number of aliphatic hydroxyl groups excluding tert-OH is 1. The summed E-state index contributed by atoms with van der Waals surface area (Å²) in [6.07, 6.45) is 0.822. The first kappa shape index (κ1) is 19.3. The number of nitrogens with zero attached hydrogens (tertiary/aromatic N) is 2. The summed E-state index contributed by atoms with van der Waals surface area (Å²) in [5.41, 5.74) is 2.68. The number of benzene rings is 3. The molecule has 150 valence electrons. The number of aromatic hydroxyl groups is 1. The van der Waals surface area contributed by atoms with E-state index in [9.17, 15) is 15.0 Å². The summed E-state index contributed by atoms with van der Waals surface area (Å²) in [5.74, 6) is 0.251. The molecule has 1 unspecified atom stereocenters. The first-order valence-corrected chi connectivity index (χ1v) is 9.96. The Labute approximate surface area is 170 Å². The number of aliphatic hydroxyl groups is 1. The van der Waals surface area contributed by atoms with Gasteiger partial charge in [0.2, 0.25) is 5.91 Å². The lowest BCUT2D eigenvalue weighted by Crippen LogP contribution is -2.34. The van der Waals surface area contributed by atoms with E-state index in [1.54, 1.807) is 6.07 Å². The van der Waals surface area contributed by atoms with Crippen LogP contribution in [-0.2, 0) is 17.9 Å². The largest absolute Gasteiger partial charge is 0.508 e.